The summed E-state index contributed by atoms with van der Waals surface area (Å²) in [6.45, 7) is 1.76. The van der Waals surface area contributed by atoms with Crippen LogP contribution in [0.15, 0.2) is 36.4 Å². The minimum absolute atomic E-state index is 0.311. The van der Waals surface area contributed by atoms with Crippen molar-refractivity contribution in [2.24, 2.45) is 0 Å². The van der Waals surface area contributed by atoms with Crippen molar-refractivity contribution in [3.05, 3.63) is 52.8 Å². The van der Waals surface area contributed by atoms with E-state index in [9.17, 15) is 14.0 Å². The largest absolute Gasteiger partial charge is 0.495 e. The van der Waals surface area contributed by atoms with Gasteiger partial charge >= 0.3 is 11.8 Å². The Hall–Kier alpha value is -2.60. The van der Waals surface area contributed by atoms with E-state index in [4.69, 9.17) is 16.3 Å². The van der Waals surface area contributed by atoms with E-state index in [0.717, 1.165) is 5.56 Å². The molecule has 7 heteroatoms. The number of amides is 2. The van der Waals surface area contributed by atoms with Crippen LogP contribution in [0.25, 0.3) is 0 Å². The van der Waals surface area contributed by atoms with Crippen LogP contribution in [0.4, 0.5) is 15.8 Å². The molecule has 23 heavy (non-hydrogen) atoms. The van der Waals surface area contributed by atoms with E-state index in [-0.39, 0.29) is 0 Å². The molecule has 2 aromatic carbocycles. The van der Waals surface area contributed by atoms with Crippen LogP contribution in [0.1, 0.15) is 5.56 Å². The predicted molar refractivity (Wildman–Crippen MR) is 86.4 cm³/mol. The number of aryl methyl sites for hydroxylation is 1. The molecule has 0 aliphatic carbocycles. The van der Waals surface area contributed by atoms with Crippen LogP contribution in [0.3, 0.4) is 0 Å². The summed E-state index contributed by atoms with van der Waals surface area (Å²) in [4.78, 5) is 23.8. The first-order valence-corrected chi connectivity index (χ1v) is 7.00. The number of nitrogens with one attached hydrogen (secondary N) is 2. The fourth-order valence-corrected chi connectivity index (χ4v) is 1.98. The maximum absolute atomic E-state index is 12.8. The predicted octanol–water partition coefficient (Wildman–Crippen LogP) is 3.37. The molecule has 0 unspecified atom stereocenters. The Morgan fingerprint density at radius 1 is 1.09 bits per heavy atom. The standard InChI is InChI=1S/C16H14ClFN2O3/c1-9-7-13(14(23-2)8-12(9)17)20-16(22)15(21)19-11-5-3-10(18)4-6-11/h3-8H,1-2H3,(H,19,21)(H,20,22). The molecular weight excluding hydrogens is 323 g/mol. The maximum atomic E-state index is 12.8. The van der Waals surface area contributed by atoms with Crippen LogP contribution in [0.2, 0.25) is 5.02 Å². The highest BCUT2D eigenvalue weighted by Crippen LogP contribution is 2.30. The van der Waals surface area contributed by atoms with Gasteiger partial charge in [-0.05, 0) is 42.8 Å². The number of carbonyl (C=O) groups excluding carboxylic acids is 2. The summed E-state index contributed by atoms with van der Waals surface area (Å²) in [5.41, 5.74) is 1.36. The van der Waals surface area contributed by atoms with Crippen molar-refractivity contribution in [2.45, 2.75) is 6.92 Å². The maximum Gasteiger partial charge on any atom is 0.314 e. The number of methoxy groups -OCH3 is 1. The lowest BCUT2D eigenvalue weighted by molar-refractivity contribution is -0.133. The second kappa shape index (κ2) is 7.11. The van der Waals surface area contributed by atoms with E-state index >= 15 is 0 Å². The molecule has 0 spiro atoms. The zero-order valence-corrected chi connectivity index (χ0v) is 13.2. The molecule has 0 fully saturated rings. The monoisotopic (exact) mass is 336 g/mol. The van der Waals surface area contributed by atoms with Crippen LogP contribution in [-0.4, -0.2) is 18.9 Å². The average molecular weight is 337 g/mol. The first-order valence-electron chi connectivity index (χ1n) is 6.62. The zero-order valence-electron chi connectivity index (χ0n) is 12.4. The smallest absolute Gasteiger partial charge is 0.314 e. The Morgan fingerprint density at radius 2 is 1.70 bits per heavy atom. The molecule has 0 aromatic heterocycles. The van der Waals surface area contributed by atoms with Crippen LogP contribution >= 0.6 is 11.6 Å². The van der Waals surface area contributed by atoms with E-state index in [0.29, 0.717) is 22.1 Å². The molecule has 0 aliphatic rings. The number of anilines is 2. The average Bonchev–Trinajstić information content (AvgIpc) is 2.52. The molecule has 0 saturated carbocycles. The molecule has 0 aliphatic heterocycles. The highest BCUT2D eigenvalue weighted by Gasteiger charge is 2.17. The zero-order chi connectivity index (χ0) is 17.0. The Kier molecular flexibility index (Phi) is 5.18. The molecule has 0 bridgehead atoms. The number of ether oxygens (including phenoxy) is 1. The van der Waals surface area contributed by atoms with E-state index < -0.39 is 17.6 Å². The minimum Gasteiger partial charge on any atom is -0.495 e. The fourth-order valence-electron chi connectivity index (χ4n) is 1.83. The third-order valence-electron chi connectivity index (χ3n) is 3.04. The van der Waals surface area contributed by atoms with Gasteiger partial charge in [-0.15, -0.1) is 0 Å². The van der Waals surface area contributed by atoms with Crippen LogP contribution < -0.4 is 15.4 Å². The lowest BCUT2D eigenvalue weighted by Crippen LogP contribution is -2.29. The van der Waals surface area contributed by atoms with Crippen molar-refractivity contribution in [2.75, 3.05) is 17.7 Å². The molecule has 2 aromatic rings. The lowest BCUT2D eigenvalue weighted by atomic mass is 10.2. The molecule has 0 atom stereocenters. The molecule has 2 rings (SSSR count). The first kappa shape index (κ1) is 16.8. The van der Waals surface area contributed by atoms with Gasteiger partial charge in [-0.1, -0.05) is 11.6 Å². The summed E-state index contributed by atoms with van der Waals surface area (Å²) in [5, 5.41) is 5.30. The highest BCUT2D eigenvalue weighted by molar-refractivity contribution is 6.43. The van der Waals surface area contributed by atoms with Gasteiger partial charge < -0.3 is 15.4 Å². The number of carbonyl (C=O) groups is 2. The van der Waals surface area contributed by atoms with Crippen molar-refractivity contribution >= 4 is 34.8 Å². The fraction of sp³-hybridized carbons (Fsp3) is 0.125. The molecule has 2 amide bonds. The number of hydrogen-bond donors (Lipinski definition) is 2. The number of hydrogen-bond acceptors (Lipinski definition) is 3. The second-order valence-electron chi connectivity index (χ2n) is 4.72. The van der Waals surface area contributed by atoms with E-state index in [1.807, 2.05) is 0 Å². The summed E-state index contributed by atoms with van der Waals surface area (Å²) in [6, 6.07) is 8.22. The quantitative estimate of drug-likeness (QED) is 0.844. The van der Waals surface area contributed by atoms with E-state index in [2.05, 4.69) is 10.6 Å². The molecular formula is C16H14ClFN2O3. The van der Waals surface area contributed by atoms with Crippen molar-refractivity contribution in [1.29, 1.82) is 0 Å². The van der Waals surface area contributed by atoms with Crippen molar-refractivity contribution in [3.8, 4) is 5.75 Å². The van der Waals surface area contributed by atoms with E-state index in [1.165, 1.54) is 31.4 Å². The Morgan fingerprint density at radius 3 is 2.30 bits per heavy atom. The molecule has 0 radical (unpaired) electrons. The number of rotatable bonds is 3. The van der Waals surface area contributed by atoms with Gasteiger partial charge in [0.1, 0.15) is 11.6 Å². The van der Waals surface area contributed by atoms with E-state index in [1.54, 1.807) is 19.1 Å². The van der Waals surface area contributed by atoms with Crippen molar-refractivity contribution in [1.82, 2.24) is 0 Å². The molecule has 120 valence electrons. The summed E-state index contributed by atoms with van der Waals surface area (Å²) in [5.74, 6) is -1.86. The first-order chi connectivity index (χ1) is 10.9. The second-order valence-corrected chi connectivity index (χ2v) is 5.12. The summed E-state index contributed by atoms with van der Waals surface area (Å²) in [7, 11) is 1.43. The normalized spacial score (nSPS) is 10.1. The number of halogens is 2. The SMILES string of the molecule is COc1cc(Cl)c(C)cc1NC(=O)C(=O)Nc1ccc(F)cc1. The van der Waals surface area contributed by atoms with Crippen LogP contribution in [-0.2, 0) is 9.59 Å². The molecule has 0 heterocycles. The van der Waals surface area contributed by atoms with Gasteiger partial charge in [-0.25, -0.2) is 4.39 Å². The highest BCUT2D eigenvalue weighted by atomic mass is 35.5. The van der Waals surface area contributed by atoms with Crippen molar-refractivity contribution in [3.63, 3.8) is 0 Å². The van der Waals surface area contributed by atoms with Gasteiger partial charge in [0.25, 0.3) is 0 Å². The van der Waals surface area contributed by atoms with Gasteiger partial charge in [-0.2, -0.15) is 0 Å². The third kappa shape index (κ3) is 4.20. The van der Waals surface area contributed by atoms with Crippen LogP contribution in [0.5, 0.6) is 5.75 Å². The van der Waals surface area contributed by atoms with Gasteiger partial charge in [0.05, 0.1) is 12.8 Å². The molecule has 2 N–H and O–H groups in total. The summed E-state index contributed by atoms with van der Waals surface area (Å²) >= 11 is 5.98. The summed E-state index contributed by atoms with van der Waals surface area (Å²) < 4.78 is 17.9. The van der Waals surface area contributed by atoms with Crippen LogP contribution in [0, 0.1) is 12.7 Å². The van der Waals surface area contributed by atoms with Gasteiger partial charge in [0.15, 0.2) is 0 Å². The van der Waals surface area contributed by atoms with Gasteiger partial charge in [0.2, 0.25) is 0 Å². The lowest BCUT2D eigenvalue weighted by Gasteiger charge is -2.12. The molecule has 5 nitrogen and oxygen atoms in total. The van der Waals surface area contributed by atoms with Gasteiger partial charge in [-0.3, -0.25) is 9.59 Å². The third-order valence-corrected chi connectivity index (χ3v) is 3.44. The topological polar surface area (TPSA) is 67.4 Å². The summed E-state index contributed by atoms with van der Waals surface area (Å²) in [6.07, 6.45) is 0. The minimum atomic E-state index is -0.883. The Labute approximate surface area is 137 Å². The Balaban J connectivity index is 2.10. The van der Waals surface area contributed by atoms with Crippen molar-refractivity contribution < 1.29 is 18.7 Å². The number of benzene rings is 2. The Bertz CT molecular complexity index is 748. The molecule has 0 saturated heterocycles. The van der Waals surface area contributed by atoms with Gasteiger partial charge in [0, 0.05) is 16.8 Å².